The number of rotatable bonds is 4. The van der Waals surface area contributed by atoms with Crippen LogP contribution in [0.5, 0.6) is 5.75 Å². The molecule has 1 aliphatic carbocycles. The van der Waals surface area contributed by atoms with E-state index in [9.17, 15) is 22.8 Å². The Kier molecular flexibility index (Phi) is 4.15. The van der Waals surface area contributed by atoms with E-state index in [1.54, 1.807) is 24.3 Å². The standard InChI is InChI=1S/C16H17F3N2O3/c1-24-11-4-2-9(3-5-11)13-7-14(22)21(15(23)20-13)8-10-6-12(10)16(17,18)19/h2-5,10,12-13H,6-8H2,1H3,(H,20,23)/t10-,12+,13?/m0/s1. The SMILES string of the molecule is COc1ccc(C2CC(=O)N(C[C@@H]3C[C@H]3C(F)(F)F)C(=O)N2)cc1. The van der Waals surface area contributed by atoms with E-state index in [4.69, 9.17) is 4.74 Å². The normalized spacial score (nSPS) is 27.0. The number of halogens is 3. The molecule has 2 aliphatic rings. The fourth-order valence-electron chi connectivity index (χ4n) is 2.98. The molecule has 5 nitrogen and oxygen atoms in total. The highest BCUT2D eigenvalue weighted by molar-refractivity contribution is 5.97. The molecule has 1 heterocycles. The van der Waals surface area contributed by atoms with Gasteiger partial charge in [-0.2, -0.15) is 13.2 Å². The molecule has 3 rings (SSSR count). The molecule has 3 atom stereocenters. The minimum atomic E-state index is -4.26. The number of urea groups is 1. The molecule has 0 radical (unpaired) electrons. The zero-order valence-corrected chi connectivity index (χ0v) is 13.0. The van der Waals surface area contributed by atoms with Crippen molar-refractivity contribution in [3.8, 4) is 5.75 Å². The highest BCUT2D eigenvalue weighted by Gasteiger charge is 2.56. The number of benzene rings is 1. The summed E-state index contributed by atoms with van der Waals surface area (Å²) in [5.41, 5.74) is 0.747. The van der Waals surface area contributed by atoms with E-state index in [2.05, 4.69) is 5.32 Å². The lowest BCUT2D eigenvalue weighted by Crippen LogP contribution is -2.52. The van der Waals surface area contributed by atoms with Gasteiger partial charge in [-0.1, -0.05) is 12.1 Å². The Bertz CT molecular complexity index is 627. The number of alkyl halides is 3. The Labute approximate surface area is 136 Å². The first-order chi connectivity index (χ1) is 11.3. The third-order valence-corrected chi connectivity index (χ3v) is 4.50. The number of carbonyl (C=O) groups is 2. The highest BCUT2D eigenvalue weighted by Crippen LogP contribution is 2.50. The van der Waals surface area contributed by atoms with Crippen molar-refractivity contribution in [2.24, 2.45) is 11.8 Å². The lowest BCUT2D eigenvalue weighted by Gasteiger charge is -2.31. The molecule has 8 heteroatoms. The molecular weight excluding hydrogens is 325 g/mol. The monoisotopic (exact) mass is 342 g/mol. The molecule has 1 aromatic carbocycles. The molecule has 130 valence electrons. The molecule has 0 bridgehead atoms. The largest absolute Gasteiger partial charge is 0.497 e. The fourth-order valence-corrected chi connectivity index (χ4v) is 2.98. The van der Waals surface area contributed by atoms with E-state index in [0.717, 1.165) is 10.5 Å². The van der Waals surface area contributed by atoms with E-state index in [0.29, 0.717) is 5.75 Å². The molecule has 1 saturated carbocycles. The van der Waals surface area contributed by atoms with Gasteiger partial charge in [0.05, 0.1) is 25.5 Å². The van der Waals surface area contributed by atoms with Crippen LogP contribution in [0.15, 0.2) is 24.3 Å². The van der Waals surface area contributed by atoms with Crippen molar-refractivity contribution in [1.82, 2.24) is 10.2 Å². The summed E-state index contributed by atoms with van der Waals surface area (Å²) in [6, 6.07) is 5.80. The van der Waals surface area contributed by atoms with Crippen LogP contribution >= 0.6 is 0 Å². The van der Waals surface area contributed by atoms with E-state index in [-0.39, 0.29) is 19.4 Å². The molecule has 1 unspecified atom stereocenters. The molecular formula is C16H17F3N2O3. The molecule has 24 heavy (non-hydrogen) atoms. The van der Waals surface area contributed by atoms with Gasteiger partial charge in [0.2, 0.25) is 5.91 Å². The van der Waals surface area contributed by atoms with E-state index in [1.807, 2.05) is 0 Å². The van der Waals surface area contributed by atoms with Crippen molar-refractivity contribution >= 4 is 11.9 Å². The van der Waals surface area contributed by atoms with Gasteiger partial charge in [-0.15, -0.1) is 0 Å². The van der Waals surface area contributed by atoms with Crippen LogP contribution in [0.25, 0.3) is 0 Å². The topological polar surface area (TPSA) is 58.6 Å². The van der Waals surface area contributed by atoms with E-state index in [1.165, 1.54) is 7.11 Å². The van der Waals surface area contributed by atoms with Crippen molar-refractivity contribution in [2.75, 3.05) is 13.7 Å². The second-order valence-electron chi connectivity index (χ2n) is 6.13. The van der Waals surface area contributed by atoms with Gasteiger partial charge in [0.25, 0.3) is 0 Å². The number of nitrogens with one attached hydrogen (secondary N) is 1. The third kappa shape index (κ3) is 3.32. The van der Waals surface area contributed by atoms with Gasteiger partial charge in [-0.05, 0) is 30.0 Å². The predicted molar refractivity (Wildman–Crippen MR) is 78.2 cm³/mol. The minimum Gasteiger partial charge on any atom is -0.497 e. The van der Waals surface area contributed by atoms with Crippen LogP contribution in [-0.4, -0.2) is 36.7 Å². The molecule has 2 fully saturated rings. The van der Waals surface area contributed by atoms with Crippen LogP contribution in [-0.2, 0) is 4.79 Å². The number of carbonyl (C=O) groups excluding carboxylic acids is 2. The minimum absolute atomic E-state index is 0.0253. The van der Waals surface area contributed by atoms with E-state index >= 15 is 0 Å². The maximum Gasteiger partial charge on any atom is 0.392 e. The first-order valence-electron chi connectivity index (χ1n) is 7.61. The van der Waals surface area contributed by atoms with Crippen molar-refractivity contribution in [1.29, 1.82) is 0 Å². The number of nitrogens with zero attached hydrogens (tertiary/aromatic N) is 1. The number of amides is 3. The predicted octanol–water partition coefficient (Wildman–Crippen LogP) is 2.88. The van der Waals surface area contributed by atoms with Gasteiger partial charge in [-0.25, -0.2) is 4.79 Å². The summed E-state index contributed by atoms with van der Waals surface area (Å²) in [7, 11) is 1.53. The van der Waals surface area contributed by atoms with Gasteiger partial charge in [0, 0.05) is 6.54 Å². The summed E-state index contributed by atoms with van der Waals surface area (Å²) in [6.07, 6.45) is -4.25. The average Bonchev–Trinajstić information content (AvgIpc) is 3.30. The molecule has 1 saturated heterocycles. The summed E-state index contributed by atoms with van der Waals surface area (Å²) in [6.45, 7) is -0.176. The van der Waals surface area contributed by atoms with Gasteiger partial charge in [0.15, 0.2) is 0 Å². The molecule has 0 aromatic heterocycles. The number of hydrogen-bond donors (Lipinski definition) is 1. The maximum absolute atomic E-state index is 12.6. The summed E-state index contributed by atoms with van der Waals surface area (Å²) in [4.78, 5) is 25.2. The van der Waals surface area contributed by atoms with Gasteiger partial charge in [-0.3, -0.25) is 9.69 Å². The number of hydrogen-bond acceptors (Lipinski definition) is 3. The highest BCUT2D eigenvalue weighted by atomic mass is 19.4. The fraction of sp³-hybridized carbons (Fsp3) is 0.500. The lowest BCUT2D eigenvalue weighted by molar-refractivity contribution is -0.152. The van der Waals surface area contributed by atoms with Crippen molar-refractivity contribution in [3.05, 3.63) is 29.8 Å². The number of ether oxygens (including phenoxy) is 1. The Hall–Kier alpha value is -2.25. The zero-order chi connectivity index (χ0) is 17.5. The average molecular weight is 342 g/mol. The second-order valence-corrected chi connectivity index (χ2v) is 6.13. The molecule has 1 aromatic rings. The summed E-state index contributed by atoms with van der Waals surface area (Å²) in [5, 5.41) is 2.68. The smallest absolute Gasteiger partial charge is 0.392 e. The van der Waals surface area contributed by atoms with E-state index < -0.39 is 36.0 Å². The first kappa shape index (κ1) is 16.6. The zero-order valence-electron chi connectivity index (χ0n) is 13.0. The van der Waals surface area contributed by atoms with Gasteiger partial charge < -0.3 is 10.1 Å². The van der Waals surface area contributed by atoms with Crippen molar-refractivity contribution in [2.45, 2.75) is 25.1 Å². The second kappa shape index (κ2) is 5.99. The van der Waals surface area contributed by atoms with Crippen LogP contribution in [0.2, 0.25) is 0 Å². The quantitative estimate of drug-likeness (QED) is 0.915. The van der Waals surface area contributed by atoms with Crippen LogP contribution in [0.4, 0.5) is 18.0 Å². The van der Waals surface area contributed by atoms with Crippen LogP contribution in [0.1, 0.15) is 24.4 Å². The molecule has 0 spiro atoms. The van der Waals surface area contributed by atoms with Crippen LogP contribution in [0.3, 0.4) is 0 Å². The molecule has 1 N–H and O–H groups in total. The molecule has 1 aliphatic heterocycles. The Morgan fingerprint density at radius 2 is 1.92 bits per heavy atom. The van der Waals surface area contributed by atoms with Crippen LogP contribution < -0.4 is 10.1 Å². The lowest BCUT2D eigenvalue weighted by atomic mass is 10.0. The van der Waals surface area contributed by atoms with Crippen molar-refractivity contribution < 1.29 is 27.5 Å². The Balaban J connectivity index is 1.62. The maximum atomic E-state index is 12.6. The van der Waals surface area contributed by atoms with Crippen LogP contribution in [0, 0.1) is 11.8 Å². The number of methoxy groups -OCH3 is 1. The summed E-state index contributed by atoms with van der Waals surface area (Å²) >= 11 is 0. The Morgan fingerprint density at radius 1 is 1.25 bits per heavy atom. The molecule has 3 amide bonds. The van der Waals surface area contributed by atoms with Gasteiger partial charge >= 0.3 is 12.2 Å². The number of imide groups is 1. The Morgan fingerprint density at radius 3 is 2.42 bits per heavy atom. The summed E-state index contributed by atoms with van der Waals surface area (Å²) in [5.74, 6) is -1.89. The van der Waals surface area contributed by atoms with Gasteiger partial charge in [0.1, 0.15) is 5.75 Å². The van der Waals surface area contributed by atoms with Crippen molar-refractivity contribution in [3.63, 3.8) is 0 Å². The third-order valence-electron chi connectivity index (χ3n) is 4.50. The first-order valence-corrected chi connectivity index (χ1v) is 7.61. The summed E-state index contributed by atoms with van der Waals surface area (Å²) < 4.78 is 42.8.